The van der Waals surface area contributed by atoms with E-state index in [1.807, 2.05) is 0 Å². The minimum absolute atomic E-state index is 0.350. The van der Waals surface area contributed by atoms with E-state index in [9.17, 15) is 4.79 Å². The molecular weight excluding hydrogens is 230 g/mol. The highest BCUT2D eigenvalue weighted by atomic mass is 16.5. The number of nitrogen functional groups attached to an aromatic ring is 1. The van der Waals surface area contributed by atoms with Crippen LogP contribution < -0.4 is 11.1 Å². The zero-order valence-electron chi connectivity index (χ0n) is 11.0. The molecule has 1 aliphatic rings. The van der Waals surface area contributed by atoms with Gasteiger partial charge in [0.15, 0.2) is 0 Å². The van der Waals surface area contributed by atoms with E-state index in [1.54, 1.807) is 12.3 Å². The van der Waals surface area contributed by atoms with Gasteiger partial charge in [-0.25, -0.2) is 9.78 Å². The minimum Gasteiger partial charge on any atom is -0.465 e. The van der Waals surface area contributed by atoms with Crippen molar-refractivity contribution in [3.63, 3.8) is 0 Å². The summed E-state index contributed by atoms with van der Waals surface area (Å²) >= 11 is 0. The number of rotatable bonds is 4. The molecule has 18 heavy (non-hydrogen) atoms. The molecule has 1 aliphatic carbocycles. The normalized spacial score (nSPS) is 20.3. The highest BCUT2D eigenvalue weighted by Crippen LogP contribution is 2.51. The molecular formula is C13H19N3O2. The van der Waals surface area contributed by atoms with Gasteiger partial charge in [0.05, 0.1) is 18.4 Å². The predicted octanol–water partition coefficient (Wildman–Crippen LogP) is 1.91. The van der Waals surface area contributed by atoms with Crippen molar-refractivity contribution < 1.29 is 9.53 Å². The Morgan fingerprint density at radius 3 is 2.89 bits per heavy atom. The van der Waals surface area contributed by atoms with Crippen LogP contribution in [0.2, 0.25) is 0 Å². The fraction of sp³-hybridized carbons (Fsp3) is 0.538. The molecule has 1 saturated carbocycles. The maximum Gasteiger partial charge on any atom is 0.340 e. The number of pyridine rings is 1. The summed E-state index contributed by atoms with van der Waals surface area (Å²) in [4.78, 5) is 15.6. The number of hydrogen-bond donors (Lipinski definition) is 2. The molecule has 1 aromatic rings. The second kappa shape index (κ2) is 4.48. The van der Waals surface area contributed by atoms with Crippen LogP contribution >= 0.6 is 0 Å². The quantitative estimate of drug-likeness (QED) is 0.797. The first-order valence-electron chi connectivity index (χ1n) is 6.02. The lowest BCUT2D eigenvalue weighted by molar-refractivity contribution is 0.0602. The first kappa shape index (κ1) is 12.7. The van der Waals surface area contributed by atoms with E-state index in [0.717, 1.165) is 6.54 Å². The highest BCUT2D eigenvalue weighted by molar-refractivity contribution is 5.97. The Balaban J connectivity index is 2.07. The molecule has 0 saturated heterocycles. The van der Waals surface area contributed by atoms with E-state index in [1.165, 1.54) is 13.5 Å². The number of nitrogens with one attached hydrogen (secondary N) is 1. The summed E-state index contributed by atoms with van der Waals surface area (Å²) < 4.78 is 4.67. The molecule has 0 aliphatic heterocycles. The molecule has 1 aromatic heterocycles. The third kappa shape index (κ3) is 2.39. The Kier molecular flexibility index (Phi) is 3.15. The molecule has 0 aromatic carbocycles. The highest BCUT2D eigenvalue weighted by Gasteiger charge is 2.45. The van der Waals surface area contributed by atoms with Crippen LogP contribution in [0.25, 0.3) is 0 Å². The minimum atomic E-state index is -0.440. The number of methoxy groups -OCH3 is 1. The van der Waals surface area contributed by atoms with Crippen LogP contribution in [0.15, 0.2) is 12.3 Å². The number of carbonyl (C=O) groups excluding carboxylic acids is 1. The van der Waals surface area contributed by atoms with Crippen LogP contribution in [0.5, 0.6) is 0 Å². The van der Waals surface area contributed by atoms with Crippen LogP contribution in [-0.4, -0.2) is 24.6 Å². The van der Waals surface area contributed by atoms with Gasteiger partial charge in [0.2, 0.25) is 0 Å². The number of aromatic nitrogens is 1. The Morgan fingerprint density at radius 2 is 2.33 bits per heavy atom. The summed E-state index contributed by atoms with van der Waals surface area (Å²) in [6.07, 6.45) is 2.76. The van der Waals surface area contributed by atoms with Crippen LogP contribution in [0.1, 0.15) is 30.6 Å². The molecule has 0 amide bonds. The van der Waals surface area contributed by atoms with Crippen molar-refractivity contribution in [1.29, 1.82) is 0 Å². The van der Waals surface area contributed by atoms with Gasteiger partial charge in [0.25, 0.3) is 0 Å². The van der Waals surface area contributed by atoms with Gasteiger partial charge in [0.1, 0.15) is 5.82 Å². The Morgan fingerprint density at radius 1 is 1.67 bits per heavy atom. The first-order valence-corrected chi connectivity index (χ1v) is 6.02. The van der Waals surface area contributed by atoms with E-state index in [0.29, 0.717) is 28.4 Å². The summed E-state index contributed by atoms with van der Waals surface area (Å²) in [5.41, 5.74) is 7.01. The molecule has 1 heterocycles. The van der Waals surface area contributed by atoms with E-state index >= 15 is 0 Å². The van der Waals surface area contributed by atoms with Gasteiger partial charge < -0.3 is 15.8 Å². The number of carbonyl (C=O) groups is 1. The van der Waals surface area contributed by atoms with Crippen molar-refractivity contribution in [3.05, 3.63) is 17.8 Å². The number of hydrogen-bond acceptors (Lipinski definition) is 5. The summed E-state index contributed by atoms with van der Waals surface area (Å²) in [5.74, 6) is 0.755. The first-order chi connectivity index (χ1) is 8.45. The standard InChI is InChI=1S/C13H19N3O2/c1-13(2)6-8(13)7-16-11-10(14)9(4-5-15-11)12(17)18-3/h4-5,8H,6-7,14H2,1-3H3,(H,15,16). The SMILES string of the molecule is COC(=O)c1ccnc(NCC2CC2(C)C)c1N. The fourth-order valence-electron chi connectivity index (χ4n) is 2.05. The lowest BCUT2D eigenvalue weighted by Gasteiger charge is -2.11. The lowest BCUT2D eigenvalue weighted by atomic mass is 10.1. The van der Waals surface area contributed by atoms with Gasteiger partial charge in [-0.15, -0.1) is 0 Å². The summed E-state index contributed by atoms with van der Waals surface area (Å²) in [7, 11) is 1.34. The van der Waals surface area contributed by atoms with Crippen LogP contribution in [-0.2, 0) is 4.74 Å². The maximum absolute atomic E-state index is 11.5. The van der Waals surface area contributed by atoms with Gasteiger partial charge >= 0.3 is 5.97 Å². The summed E-state index contributed by atoms with van der Waals surface area (Å²) in [6, 6.07) is 1.56. The average molecular weight is 249 g/mol. The monoisotopic (exact) mass is 249 g/mol. The Hall–Kier alpha value is -1.78. The van der Waals surface area contributed by atoms with Gasteiger partial charge in [-0.3, -0.25) is 0 Å². The number of ether oxygens (including phenoxy) is 1. The number of nitrogens with zero attached hydrogens (tertiary/aromatic N) is 1. The van der Waals surface area contributed by atoms with Crippen LogP contribution in [0.3, 0.4) is 0 Å². The summed E-state index contributed by atoms with van der Waals surface area (Å²) in [6.45, 7) is 5.30. The van der Waals surface area contributed by atoms with Gasteiger partial charge in [-0.1, -0.05) is 13.8 Å². The fourth-order valence-corrected chi connectivity index (χ4v) is 2.05. The van der Waals surface area contributed by atoms with Crippen molar-refractivity contribution in [1.82, 2.24) is 4.98 Å². The molecule has 5 nitrogen and oxygen atoms in total. The van der Waals surface area contributed by atoms with Crippen molar-refractivity contribution in [2.45, 2.75) is 20.3 Å². The van der Waals surface area contributed by atoms with Crippen molar-refractivity contribution in [2.24, 2.45) is 11.3 Å². The van der Waals surface area contributed by atoms with Crippen molar-refractivity contribution >= 4 is 17.5 Å². The number of nitrogens with two attached hydrogens (primary N) is 1. The van der Waals surface area contributed by atoms with E-state index in [-0.39, 0.29) is 0 Å². The smallest absolute Gasteiger partial charge is 0.340 e. The lowest BCUT2D eigenvalue weighted by Crippen LogP contribution is -2.13. The molecule has 0 radical (unpaired) electrons. The topological polar surface area (TPSA) is 77.2 Å². The van der Waals surface area contributed by atoms with Gasteiger partial charge in [-0.2, -0.15) is 0 Å². The van der Waals surface area contributed by atoms with Crippen LogP contribution in [0, 0.1) is 11.3 Å². The molecule has 98 valence electrons. The number of esters is 1. The second-order valence-electron chi connectivity index (χ2n) is 5.38. The Labute approximate surface area is 107 Å². The van der Waals surface area contributed by atoms with Crippen LogP contribution in [0.4, 0.5) is 11.5 Å². The summed E-state index contributed by atoms with van der Waals surface area (Å²) in [5, 5.41) is 3.21. The maximum atomic E-state index is 11.5. The Bertz CT molecular complexity index is 471. The van der Waals surface area contributed by atoms with E-state index in [2.05, 4.69) is 28.9 Å². The van der Waals surface area contributed by atoms with Crippen molar-refractivity contribution in [3.8, 4) is 0 Å². The zero-order valence-corrected chi connectivity index (χ0v) is 11.0. The molecule has 0 spiro atoms. The molecule has 1 fully saturated rings. The third-order valence-corrected chi connectivity index (χ3v) is 3.63. The predicted molar refractivity (Wildman–Crippen MR) is 70.4 cm³/mol. The van der Waals surface area contributed by atoms with E-state index < -0.39 is 5.97 Å². The zero-order chi connectivity index (χ0) is 13.3. The van der Waals surface area contributed by atoms with E-state index in [4.69, 9.17) is 5.73 Å². The molecule has 3 N–H and O–H groups in total. The number of anilines is 2. The van der Waals surface area contributed by atoms with Gasteiger partial charge in [0, 0.05) is 12.7 Å². The van der Waals surface area contributed by atoms with Crippen molar-refractivity contribution in [2.75, 3.05) is 24.7 Å². The second-order valence-corrected chi connectivity index (χ2v) is 5.38. The molecule has 5 heteroatoms. The molecule has 1 atom stereocenters. The molecule has 1 unspecified atom stereocenters. The molecule has 2 rings (SSSR count). The third-order valence-electron chi connectivity index (χ3n) is 3.63. The largest absolute Gasteiger partial charge is 0.465 e. The van der Waals surface area contributed by atoms with Gasteiger partial charge in [-0.05, 0) is 23.8 Å². The average Bonchev–Trinajstić information content (AvgIpc) is 2.95. The molecule has 0 bridgehead atoms.